The Morgan fingerprint density at radius 2 is 1.74 bits per heavy atom. The van der Waals surface area contributed by atoms with Gasteiger partial charge in [0.25, 0.3) is 5.56 Å². The lowest BCUT2D eigenvalue weighted by Crippen LogP contribution is -2.18. The highest BCUT2D eigenvalue weighted by Crippen LogP contribution is 2.15. The summed E-state index contributed by atoms with van der Waals surface area (Å²) in [6, 6.07) is 14.6. The fourth-order valence-corrected chi connectivity index (χ4v) is 2.68. The fourth-order valence-electron chi connectivity index (χ4n) is 2.68. The van der Waals surface area contributed by atoms with E-state index in [9.17, 15) is 14.7 Å². The molecule has 0 aliphatic heterocycles. The first kappa shape index (κ1) is 18.1. The fraction of sp³-hybridized carbons (Fsp3) is 0.0952. The van der Waals surface area contributed by atoms with Crippen molar-refractivity contribution in [2.75, 3.05) is 19.0 Å². The van der Waals surface area contributed by atoms with E-state index in [0.717, 1.165) is 15.9 Å². The van der Waals surface area contributed by atoms with Gasteiger partial charge in [0, 0.05) is 43.0 Å². The molecule has 2 aromatic carbocycles. The number of rotatable bonds is 5. The summed E-state index contributed by atoms with van der Waals surface area (Å²) in [6.07, 6.45) is 6.25. The highest BCUT2D eigenvalue weighted by Gasteiger charge is 2.12. The van der Waals surface area contributed by atoms with Crippen LogP contribution < -0.4 is 10.5 Å². The Bertz CT molecular complexity index is 1090. The van der Waals surface area contributed by atoms with Gasteiger partial charge >= 0.3 is 5.97 Å². The average Bonchev–Trinajstić information content (AvgIpc) is 2.67. The molecule has 0 saturated carbocycles. The van der Waals surface area contributed by atoms with Gasteiger partial charge in [0.1, 0.15) is 0 Å². The van der Waals surface area contributed by atoms with E-state index in [1.807, 2.05) is 49.3 Å². The van der Waals surface area contributed by atoms with Gasteiger partial charge in [0.15, 0.2) is 0 Å². The number of allylic oxidation sites excluding steroid dienone is 1. The van der Waals surface area contributed by atoms with Gasteiger partial charge in [-0.2, -0.15) is 5.10 Å². The lowest BCUT2D eigenvalue weighted by atomic mass is 10.1. The maximum Gasteiger partial charge on any atom is 0.337 e. The number of carbonyl (C=O) groups is 1. The second kappa shape index (κ2) is 7.70. The second-order valence-electron chi connectivity index (χ2n) is 6.15. The van der Waals surface area contributed by atoms with Crippen molar-refractivity contribution >= 4 is 34.7 Å². The van der Waals surface area contributed by atoms with Crippen molar-refractivity contribution in [3.63, 3.8) is 0 Å². The highest BCUT2D eigenvalue weighted by molar-refractivity contribution is 6.03. The maximum atomic E-state index is 12.5. The standard InChI is InChI=1S/C21H19N3O3/c1-23(2)16-11-9-15(10-12-16)6-5-13-22-24-14-19(21(26)27)17-7-3-4-8-18(17)20(24)25/h3-14H,1-2H3,(H,26,27)/b6-5+,22-13+. The van der Waals surface area contributed by atoms with E-state index >= 15 is 0 Å². The van der Waals surface area contributed by atoms with E-state index in [1.165, 1.54) is 12.4 Å². The van der Waals surface area contributed by atoms with Crippen LogP contribution in [0.2, 0.25) is 0 Å². The third kappa shape index (κ3) is 3.95. The molecule has 27 heavy (non-hydrogen) atoms. The van der Waals surface area contributed by atoms with Crippen LogP contribution in [0.4, 0.5) is 5.69 Å². The van der Waals surface area contributed by atoms with Crippen LogP contribution in [0.5, 0.6) is 0 Å². The summed E-state index contributed by atoms with van der Waals surface area (Å²) in [5.41, 5.74) is 1.76. The number of aromatic nitrogens is 1. The number of hydrogen-bond acceptors (Lipinski definition) is 4. The number of benzene rings is 2. The number of hydrogen-bond donors (Lipinski definition) is 1. The van der Waals surface area contributed by atoms with E-state index in [0.29, 0.717) is 10.8 Å². The molecule has 1 aromatic heterocycles. The van der Waals surface area contributed by atoms with Crippen molar-refractivity contribution in [2.24, 2.45) is 5.10 Å². The zero-order chi connectivity index (χ0) is 19.4. The van der Waals surface area contributed by atoms with Gasteiger partial charge in [-0.25, -0.2) is 9.47 Å². The lowest BCUT2D eigenvalue weighted by Gasteiger charge is -2.11. The second-order valence-corrected chi connectivity index (χ2v) is 6.15. The molecule has 0 fully saturated rings. The molecule has 0 aliphatic carbocycles. The Morgan fingerprint density at radius 3 is 2.37 bits per heavy atom. The summed E-state index contributed by atoms with van der Waals surface area (Å²) in [7, 11) is 3.95. The van der Waals surface area contributed by atoms with Gasteiger partial charge in [-0.15, -0.1) is 0 Å². The quantitative estimate of drug-likeness (QED) is 0.708. The molecule has 3 rings (SSSR count). The summed E-state index contributed by atoms with van der Waals surface area (Å²) in [5, 5.41) is 14.2. The van der Waals surface area contributed by atoms with Crippen LogP contribution in [0.15, 0.2) is 70.7 Å². The van der Waals surface area contributed by atoms with Crippen molar-refractivity contribution in [3.8, 4) is 0 Å². The summed E-state index contributed by atoms with van der Waals surface area (Å²) < 4.78 is 1.05. The zero-order valence-electron chi connectivity index (χ0n) is 15.0. The minimum atomic E-state index is -1.10. The van der Waals surface area contributed by atoms with Crippen LogP contribution in [0.25, 0.3) is 16.8 Å². The van der Waals surface area contributed by atoms with E-state index in [4.69, 9.17) is 0 Å². The van der Waals surface area contributed by atoms with Crippen LogP contribution in [-0.2, 0) is 0 Å². The van der Waals surface area contributed by atoms with Crippen LogP contribution >= 0.6 is 0 Å². The molecule has 0 amide bonds. The monoisotopic (exact) mass is 361 g/mol. The predicted molar refractivity (Wildman–Crippen MR) is 109 cm³/mol. The van der Waals surface area contributed by atoms with Crippen LogP contribution in [0, 0.1) is 0 Å². The molecule has 1 heterocycles. The SMILES string of the molecule is CN(C)c1ccc(/C=C/C=N/n2cc(C(=O)O)c3ccccc3c2=O)cc1. The lowest BCUT2D eigenvalue weighted by molar-refractivity contribution is 0.0698. The number of carboxylic acids is 1. The molecule has 6 heteroatoms. The van der Waals surface area contributed by atoms with Crippen LogP contribution in [-0.4, -0.2) is 36.1 Å². The van der Waals surface area contributed by atoms with Gasteiger partial charge in [-0.3, -0.25) is 4.79 Å². The number of anilines is 1. The molecular formula is C21H19N3O3. The highest BCUT2D eigenvalue weighted by atomic mass is 16.4. The third-order valence-corrected chi connectivity index (χ3v) is 4.11. The number of nitrogens with zero attached hydrogens (tertiary/aromatic N) is 3. The molecule has 0 saturated heterocycles. The number of carboxylic acid groups (broad SMARTS) is 1. The molecule has 0 radical (unpaired) electrons. The topological polar surface area (TPSA) is 74.9 Å². The first-order valence-electron chi connectivity index (χ1n) is 8.33. The van der Waals surface area contributed by atoms with Gasteiger partial charge in [-0.1, -0.05) is 36.4 Å². The molecule has 1 N–H and O–H groups in total. The first-order valence-corrected chi connectivity index (χ1v) is 8.33. The molecule has 0 spiro atoms. The van der Waals surface area contributed by atoms with Crippen LogP contribution in [0.3, 0.4) is 0 Å². The average molecular weight is 361 g/mol. The van der Waals surface area contributed by atoms with E-state index in [-0.39, 0.29) is 11.1 Å². The van der Waals surface area contributed by atoms with Crippen LogP contribution in [0.1, 0.15) is 15.9 Å². The van der Waals surface area contributed by atoms with Crippen molar-refractivity contribution in [2.45, 2.75) is 0 Å². The van der Waals surface area contributed by atoms with Crippen molar-refractivity contribution in [1.82, 2.24) is 4.68 Å². The summed E-state index contributed by atoms with van der Waals surface area (Å²) in [5.74, 6) is -1.10. The molecular weight excluding hydrogens is 342 g/mol. The number of fused-ring (bicyclic) bond motifs is 1. The summed E-state index contributed by atoms with van der Waals surface area (Å²) in [4.78, 5) is 26.0. The Hall–Kier alpha value is -3.67. The molecule has 0 bridgehead atoms. The van der Waals surface area contributed by atoms with Gasteiger partial charge in [0.05, 0.1) is 5.56 Å². The van der Waals surface area contributed by atoms with Gasteiger partial charge in [-0.05, 0) is 29.8 Å². The van der Waals surface area contributed by atoms with E-state index < -0.39 is 5.97 Å². The molecule has 6 nitrogen and oxygen atoms in total. The zero-order valence-corrected chi connectivity index (χ0v) is 15.0. The molecule has 0 atom stereocenters. The largest absolute Gasteiger partial charge is 0.478 e. The Labute approximate surface area is 156 Å². The van der Waals surface area contributed by atoms with E-state index in [1.54, 1.807) is 30.3 Å². The van der Waals surface area contributed by atoms with Crippen molar-refractivity contribution < 1.29 is 9.90 Å². The molecule has 0 unspecified atom stereocenters. The van der Waals surface area contributed by atoms with E-state index in [2.05, 4.69) is 5.10 Å². The van der Waals surface area contributed by atoms with Crippen molar-refractivity contribution in [3.05, 3.63) is 82.3 Å². The summed E-state index contributed by atoms with van der Waals surface area (Å²) >= 11 is 0. The molecule has 0 aliphatic rings. The van der Waals surface area contributed by atoms with Gasteiger partial charge < -0.3 is 10.0 Å². The maximum absolute atomic E-state index is 12.5. The Balaban J connectivity index is 1.89. The normalized spacial score (nSPS) is 11.5. The smallest absolute Gasteiger partial charge is 0.337 e. The number of pyridine rings is 1. The number of aromatic carboxylic acids is 1. The minimum absolute atomic E-state index is 0.0330. The summed E-state index contributed by atoms with van der Waals surface area (Å²) in [6.45, 7) is 0. The Kier molecular flexibility index (Phi) is 5.17. The molecule has 136 valence electrons. The Morgan fingerprint density at radius 1 is 1.07 bits per heavy atom. The third-order valence-electron chi connectivity index (χ3n) is 4.11. The minimum Gasteiger partial charge on any atom is -0.478 e. The molecule has 3 aromatic rings. The van der Waals surface area contributed by atoms with Crippen molar-refractivity contribution in [1.29, 1.82) is 0 Å². The van der Waals surface area contributed by atoms with Gasteiger partial charge in [0.2, 0.25) is 0 Å². The first-order chi connectivity index (χ1) is 13.0. The predicted octanol–water partition coefficient (Wildman–Crippen LogP) is 3.31.